The van der Waals surface area contributed by atoms with E-state index in [1.165, 1.54) is 14.2 Å². The van der Waals surface area contributed by atoms with Crippen molar-refractivity contribution in [1.29, 1.82) is 0 Å². The molecule has 1 aromatic heterocycles. The molecule has 2 heterocycles. The summed E-state index contributed by atoms with van der Waals surface area (Å²) in [5, 5.41) is 0. The molecule has 4 heteroatoms. The molecule has 0 spiro atoms. The Morgan fingerprint density at radius 1 is 1.60 bits per heavy atom. The van der Waals surface area contributed by atoms with E-state index in [1.807, 2.05) is 11.3 Å². The SMILES string of the molecule is Cc1cc(CN2CC(C)C(N)C2)sc1Br. The Balaban J connectivity index is 1.98. The van der Waals surface area contributed by atoms with Crippen LogP contribution in [0.1, 0.15) is 17.4 Å². The third-order valence-corrected chi connectivity index (χ3v) is 5.16. The van der Waals surface area contributed by atoms with Crippen LogP contribution in [-0.4, -0.2) is 24.0 Å². The van der Waals surface area contributed by atoms with E-state index in [2.05, 4.69) is 40.7 Å². The highest BCUT2D eigenvalue weighted by atomic mass is 79.9. The third-order valence-electron chi connectivity index (χ3n) is 3.03. The van der Waals surface area contributed by atoms with Crippen molar-refractivity contribution in [3.8, 4) is 0 Å². The van der Waals surface area contributed by atoms with Gasteiger partial charge in [-0.15, -0.1) is 11.3 Å². The van der Waals surface area contributed by atoms with Gasteiger partial charge < -0.3 is 5.73 Å². The first-order chi connectivity index (χ1) is 7.06. The van der Waals surface area contributed by atoms with E-state index in [0.29, 0.717) is 12.0 Å². The maximum atomic E-state index is 6.01. The molecule has 0 saturated carbocycles. The van der Waals surface area contributed by atoms with Gasteiger partial charge in [-0.2, -0.15) is 0 Å². The summed E-state index contributed by atoms with van der Waals surface area (Å²) in [5.74, 6) is 0.634. The number of nitrogens with zero attached hydrogens (tertiary/aromatic N) is 1. The van der Waals surface area contributed by atoms with E-state index in [-0.39, 0.29) is 0 Å². The van der Waals surface area contributed by atoms with E-state index in [1.54, 1.807) is 0 Å². The molecule has 0 radical (unpaired) electrons. The van der Waals surface area contributed by atoms with Crippen LogP contribution < -0.4 is 5.73 Å². The molecule has 0 aromatic carbocycles. The van der Waals surface area contributed by atoms with Gasteiger partial charge in [0.15, 0.2) is 0 Å². The lowest BCUT2D eigenvalue weighted by molar-refractivity contribution is 0.322. The number of thiophene rings is 1. The highest BCUT2D eigenvalue weighted by Gasteiger charge is 2.26. The largest absolute Gasteiger partial charge is 0.326 e. The zero-order valence-electron chi connectivity index (χ0n) is 9.16. The highest BCUT2D eigenvalue weighted by molar-refractivity contribution is 9.11. The van der Waals surface area contributed by atoms with Crippen molar-refractivity contribution >= 4 is 27.3 Å². The summed E-state index contributed by atoms with van der Waals surface area (Å²) in [4.78, 5) is 3.88. The molecule has 1 aliphatic heterocycles. The van der Waals surface area contributed by atoms with Crippen molar-refractivity contribution in [2.75, 3.05) is 13.1 Å². The van der Waals surface area contributed by atoms with Gasteiger partial charge in [-0.05, 0) is 40.4 Å². The molecular weight excluding hydrogens is 272 g/mol. The topological polar surface area (TPSA) is 29.3 Å². The Bertz CT molecular complexity index is 321. The minimum Gasteiger partial charge on any atom is -0.326 e. The number of hydrogen-bond donors (Lipinski definition) is 1. The summed E-state index contributed by atoms with van der Waals surface area (Å²) in [6, 6.07) is 2.62. The number of likely N-dealkylation sites (tertiary alicyclic amines) is 1. The Morgan fingerprint density at radius 3 is 2.80 bits per heavy atom. The van der Waals surface area contributed by atoms with E-state index in [4.69, 9.17) is 5.73 Å². The Morgan fingerprint density at radius 2 is 2.33 bits per heavy atom. The molecule has 2 atom stereocenters. The van der Waals surface area contributed by atoms with Gasteiger partial charge in [0.1, 0.15) is 0 Å². The van der Waals surface area contributed by atoms with Gasteiger partial charge >= 0.3 is 0 Å². The lowest BCUT2D eigenvalue weighted by Crippen LogP contribution is -2.28. The van der Waals surface area contributed by atoms with Crippen LogP contribution in [-0.2, 0) is 6.54 Å². The second kappa shape index (κ2) is 4.53. The number of aryl methyl sites for hydroxylation is 1. The Kier molecular flexibility index (Phi) is 3.50. The highest BCUT2D eigenvalue weighted by Crippen LogP contribution is 2.29. The van der Waals surface area contributed by atoms with Crippen LogP contribution in [0.25, 0.3) is 0 Å². The number of halogens is 1. The quantitative estimate of drug-likeness (QED) is 0.906. The molecular formula is C11H17BrN2S. The Labute approximate surface area is 104 Å². The molecule has 2 unspecified atom stereocenters. The second-order valence-corrected chi connectivity index (χ2v) is 6.96. The first-order valence-corrected chi connectivity index (χ1v) is 6.90. The van der Waals surface area contributed by atoms with Crippen LogP contribution in [0.2, 0.25) is 0 Å². The lowest BCUT2D eigenvalue weighted by atomic mass is 10.1. The molecule has 0 aliphatic carbocycles. The molecule has 1 fully saturated rings. The normalized spacial score (nSPS) is 27.5. The standard InChI is InChI=1S/C11H17BrN2S/c1-7-3-9(15-11(7)12)5-14-4-8(2)10(13)6-14/h3,8,10H,4-6,13H2,1-2H3. The summed E-state index contributed by atoms with van der Waals surface area (Å²) >= 11 is 5.40. The minimum atomic E-state index is 0.356. The van der Waals surface area contributed by atoms with Crippen LogP contribution in [0.15, 0.2) is 9.85 Å². The van der Waals surface area contributed by atoms with Crippen LogP contribution >= 0.6 is 27.3 Å². The first-order valence-electron chi connectivity index (χ1n) is 5.29. The monoisotopic (exact) mass is 288 g/mol. The molecule has 0 amide bonds. The van der Waals surface area contributed by atoms with Crippen molar-refractivity contribution < 1.29 is 0 Å². The molecule has 15 heavy (non-hydrogen) atoms. The van der Waals surface area contributed by atoms with Gasteiger partial charge in [-0.1, -0.05) is 6.92 Å². The van der Waals surface area contributed by atoms with Crippen LogP contribution in [0.3, 0.4) is 0 Å². The average Bonchev–Trinajstić information content (AvgIpc) is 2.59. The summed E-state index contributed by atoms with van der Waals surface area (Å²) < 4.78 is 1.26. The minimum absolute atomic E-state index is 0.356. The predicted octanol–water partition coefficient (Wildman–Crippen LogP) is 2.60. The molecule has 1 aromatic rings. The number of nitrogens with two attached hydrogens (primary N) is 1. The van der Waals surface area contributed by atoms with E-state index in [0.717, 1.165) is 19.6 Å². The third kappa shape index (κ3) is 2.61. The van der Waals surface area contributed by atoms with E-state index >= 15 is 0 Å². The number of rotatable bonds is 2. The van der Waals surface area contributed by atoms with E-state index < -0.39 is 0 Å². The van der Waals surface area contributed by atoms with Crippen LogP contribution in [0.5, 0.6) is 0 Å². The smallest absolute Gasteiger partial charge is 0.0730 e. The second-order valence-electron chi connectivity index (χ2n) is 4.50. The zero-order chi connectivity index (χ0) is 11.0. The molecule has 84 valence electrons. The first kappa shape index (κ1) is 11.6. The summed E-state index contributed by atoms with van der Waals surface area (Å²) in [5.41, 5.74) is 7.35. The van der Waals surface area contributed by atoms with Gasteiger partial charge in [-0.3, -0.25) is 4.90 Å². The lowest BCUT2D eigenvalue weighted by Gasteiger charge is -2.13. The van der Waals surface area contributed by atoms with E-state index in [9.17, 15) is 0 Å². The predicted molar refractivity (Wildman–Crippen MR) is 69.2 cm³/mol. The fourth-order valence-electron chi connectivity index (χ4n) is 2.05. The molecule has 1 aliphatic rings. The molecule has 2 rings (SSSR count). The summed E-state index contributed by atoms with van der Waals surface area (Å²) in [7, 11) is 0. The van der Waals surface area contributed by atoms with Crippen molar-refractivity contribution in [3.63, 3.8) is 0 Å². The average molecular weight is 289 g/mol. The molecule has 2 N–H and O–H groups in total. The van der Waals surface area contributed by atoms with Gasteiger partial charge in [0, 0.05) is 30.6 Å². The van der Waals surface area contributed by atoms with Crippen LogP contribution in [0, 0.1) is 12.8 Å². The van der Waals surface area contributed by atoms with Crippen molar-refractivity contribution in [2.45, 2.75) is 26.4 Å². The van der Waals surface area contributed by atoms with Crippen molar-refractivity contribution in [2.24, 2.45) is 11.7 Å². The maximum Gasteiger partial charge on any atom is 0.0730 e. The molecule has 1 saturated heterocycles. The fourth-order valence-corrected chi connectivity index (χ4v) is 3.72. The fraction of sp³-hybridized carbons (Fsp3) is 0.636. The van der Waals surface area contributed by atoms with Crippen molar-refractivity contribution in [3.05, 3.63) is 20.3 Å². The van der Waals surface area contributed by atoms with Crippen molar-refractivity contribution in [1.82, 2.24) is 4.90 Å². The van der Waals surface area contributed by atoms with Gasteiger partial charge in [0.25, 0.3) is 0 Å². The number of hydrogen-bond acceptors (Lipinski definition) is 3. The summed E-state index contributed by atoms with van der Waals surface area (Å²) in [6.07, 6.45) is 0. The Hall–Kier alpha value is 0.100. The summed E-state index contributed by atoms with van der Waals surface area (Å²) in [6.45, 7) is 7.60. The zero-order valence-corrected chi connectivity index (χ0v) is 11.6. The molecule has 2 nitrogen and oxygen atoms in total. The van der Waals surface area contributed by atoms with Gasteiger partial charge in [0.2, 0.25) is 0 Å². The maximum absolute atomic E-state index is 6.01. The molecule has 0 bridgehead atoms. The van der Waals surface area contributed by atoms with Gasteiger partial charge in [0.05, 0.1) is 3.79 Å². The van der Waals surface area contributed by atoms with Gasteiger partial charge in [-0.25, -0.2) is 0 Å². The van der Waals surface area contributed by atoms with Crippen LogP contribution in [0.4, 0.5) is 0 Å².